The van der Waals surface area contributed by atoms with Crippen molar-refractivity contribution in [3.05, 3.63) is 94.8 Å². The predicted molar refractivity (Wildman–Crippen MR) is 102 cm³/mol. The molecule has 0 spiro atoms. The summed E-state index contributed by atoms with van der Waals surface area (Å²) in [6, 6.07) is 18.5. The molecule has 0 saturated heterocycles. The van der Waals surface area contributed by atoms with Crippen molar-refractivity contribution in [2.75, 3.05) is 11.9 Å². The molecule has 27 heavy (non-hydrogen) atoms. The Morgan fingerprint density at radius 3 is 2.19 bits per heavy atom. The minimum Gasteiger partial charge on any atom is -0.484 e. The minimum absolute atomic E-state index is 0.183. The molecule has 0 unspecified atom stereocenters. The number of benzene rings is 3. The van der Waals surface area contributed by atoms with Gasteiger partial charge in [-0.05, 0) is 66.7 Å². The highest BCUT2D eigenvalue weighted by Gasteiger charge is 2.10. The lowest BCUT2D eigenvalue weighted by Crippen LogP contribution is -2.20. The first-order chi connectivity index (χ1) is 13.0. The van der Waals surface area contributed by atoms with Gasteiger partial charge in [-0.25, -0.2) is 4.39 Å². The molecule has 1 N–H and O–H groups in total. The van der Waals surface area contributed by atoms with Gasteiger partial charge < -0.3 is 10.1 Å². The summed E-state index contributed by atoms with van der Waals surface area (Å²) in [6.07, 6.45) is 0. The second kappa shape index (κ2) is 8.47. The van der Waals surface area contributed by atoms with E-state index < -0.39 is 5.82 Å². The molecule has 0 atom stereocenters. The molecule has 0 radical (unpaired) electrons. The van der Waals surface area contributed by atoms with Gasteiger partial charge in [-0.2, -0.15) is 0 Å². The van der Waals surface area contributed by atoms with Crippen LogP contribution in [0.5, 0.6) is 5.75 Å². The van der Waals surface area contributed by atoms with E-state index in [1.165, 1.54) is 24.3 Å². The molecule has 1 amide bonds. The van der Waals surface area contributed by atoms with Crippen LogP contribution in [0.1, 0.15) is 15.9 Å². The first kappa shape index (κ1) is 18.6. The fourth-order valence-corrected chi connectivity index (χ4v) is 2.57. The van der Waals surface area contributed by atoms with Gasteiger partial charge in [-0.15, -0.1) is 0 Å². The van der Waals surface area contributed by atoms with Crippen LogP contribution in [0.2, 0.25) is 5.02 Å². The van der Waals surface area contributed by atoms with Crippen LogP contribution in [0, 0.1) is 5.82 Å². The number of anilines is 1. The zero-order valence-electron chi connectivity index (χ0n) is 14.1. The number of halogens is 2. The monoisotopic (exact) mass is 383 g/mol. The fourth-order valence-electron chi connectivity index (χ4n) is 2.38. The molecule has 136 valence electrons. The quantitative estimate of drug-likeness (QED) is 0.626. The number of amides is 1. The predicted octanol–water partition coefficient (Wildman–Crippen LogP) is 4.73. The first-order valence-corrected chi connectivity index (χ1v) is 8.47. The minimum atomic E-state index is -0.397. The van der Waals surface area contributed by atoms with Gasteiger partial charge in [-0.1, -0.05) is 17.7 Å². The standard InChI is InChI=1S/C21H15ClFNO3/c22-16-2-1-3-18(12-16)24-20(25)13-27-19-10-6-15(7-11-19)21(26)14-4-8-17(23)9-5-14/h1-12H,13H2,(H,24,25). The Morgan fingerprint density at radius 1 is 0.926 bits per heavy atom. The van der Waals surface area contributed by atoms with Crippen LogP contribution in [0.25, 0.3) is 0 Å². The van der Waals surface area contributed by atoms with Crippen LogP contribution in [-0.4, -0.2) is 18.3 Å². The largest absolute Gasteiger partial charge is 0.484 e. The summed E-state index contributed by atoms with van der Waals surface area (Å²) in [7, 11) is 0. The summed E-state index contributed by atoms with van der Waals surface area (Å²) in [5.74, 6) is -0.498. The van der Waals surface area contributed by atoms with E-state index in [9.17, 15) is 14.0 Å². The highest BCUT2D eigenvalue weighted by Crippen LogP contribution is 2.17. The number of hydrogen-bond acceptors (Lipinski definition) is 3. The van der Waals surface area contributed by atoms with Crippen molar-refractivity contribution in [1.29, 1.82) is 0 Å². The van der Waals surface area contributed by atoms with Crippen LogP contribution < -0.4 is 10.1 Å². The third-order valence-electron chi connectivity index (χ3n) is 3.70. The summed E-state index contributed by atoms with van der Waals surface area (Å²) >= 11 is 5.86. The molecular weight excluding hydrogens is 369 g/mol. The van der Waals surface area contributed by atoms with Crippen LogP contribution >= 0.6 is 11.6 Å². The van der Waals surface area contributed by atoms with Crippen molar-refractivity contribution in [2.24, 2.45) is 0 Å². The Hall–Kier alpha value is -3.18. The average molecular weight is 384 g/mol. The van der Waals surface area contributed by atoms with E-state index >= 15 is 0 Å². The summed E-state index contributed by atoms with van der Waals surface area (Å²) in [6.45, 7) is -0.183. The lowest BCUT2D eigenvalue weighted by Gasteiger charge is -2.08. The zero-order valence-corrected chi connectivity index (χ0v) is 14.9. The van der Waals surface area contributed by atoms with Gasteiger partial charge in [-0.3, -0.25) is 9.59 Å². The third kappa shape index (κ3) is 5.15. The molecule has 0 saturated carbocycles. The van der Waals surface area contributed by atoms with Gasteiger partial charge in [0, 0.05) is 21.8 Å². The summed E-state index contributed by atoms with van der Waals surface area (Å²) in [4.78, 5) is 24.2. The van der Waals surface area contributed by atoms with Crippen molar-refractivity contribution in [2.45, 2.75) is 0 Å². The average Bonchev–Trinajstić information content (AvgIpc) is 2.67. The summed E-state index contributed by atoms with van der Waals surface area (Å²) in [5, 5.41) is 3.20. The van der Waals surface area contributed by atoms with Crippen molar-refractivity contribution in [3.63, 3.8) is 0 Å². The molecule has 0 bridgehead atoms. The number of nitrogens with one attached hydrogen (secondary N) is 1. The van der Waals surface area contributed by atoms with Gasteiger partial charge in [0.05, 0.1) is 0 Å². The molecular formula is C21H15ClFNO3. The van der Waals surface area contributed by atoms with Crippen molar-refractivity contribution >= 4 is 29.0 Å². The molecule has 6 heteroatoms. The highest BCUT2D eigenvalue weighted by atomic mass is 35.5. The van der Waals surface area contributed by atoms with E-state index in [0.717, 1.165) is 0 Å². The van der Waals surface area contributed by atoms with Gasteiger partial charge in [0.15, 0.2) is 12.4 Å². The Labute approximate surface area is 160 Å². The Bertz CT molecular complexity index is 956. The zero-order chi connectivity index (χ0) is 19.2. The first-order valence-electron chi connectivity index (χ1n) is 8.10. The number of hydrogen-bond donors (Lipinski definition) is 1. The van der Waals surface area contributed by atoms with E-state index in [1.807, 2.05) is 0 Å². The van der Waals surface area contributed by atoms with Gasteiger partial charge in [0.25, 0.3) is 5.91 Å². The second-order valence-electron chi connectivity index (χ2n) is 5.71. The van der Waals surface area contributed by atoms with E-state index in [0.29, 0.717) is 27.6 Å². The highest BCUT2D eigenvalue weighted by molar-refractivity contribution is 6.30. The van der Waals surface area contributed by atoms with Crippen molar-refractivity contribution in [1.82, 2.24) is 0 Å². The van der Waals surface area contributed by atoms with Gasteiger partial charge in [0.2, 0.25) is 0 Å². The Balaban J connectivity index is 1.56. The van der Waals surface area contributed by atoms with Gasteiger partial charge >= 0.3 is 0 Å². The number of carbonyl (C=O) groups excluding carboxylic acids is 2. The van der Waals surface area contributed by atoms with Crippen LogP contribution in [-0.2, 0) is 4.79 Å². The van der Waals surface area contributed by atoms with E-state index in [1.54, 1.807) is 48.5 Å². The number of carbonyl (C=O) groups is 2. The molecule has 3 aromatic carbocycles. The second-order valence-corrected chi connectivity index (χ2v) is 6.14. The van der Waals surface area contributed by atoms with Crippen LogP contribution in [0.4, 0.5) is 10.1 Å². The molecule has 0 aromatic heterocycles. The van der Waals surface area contributed by atoms with Crippen molar-refractivity contribution in [3.8, 4) is 5.75 Å². The smallest absolute Gasteiger partial charge is 0.262 e. The SMILES string of the molecule is O=C(COc1ccc(C(=O)c2ccc(F)cc2)cc1)Nc1cccc(Cl)c1. The molecule has 0 fully saturated rings. The molecule has 0 aliphatic heterocycles. The Morgan fingerprint density at radius 2 is 1.56 bits per heavy atom. The molecule has 0 heterocycles. The fraction of sp³-hybridized carbons (Fsp3) is 0.0476. The third-order valence-corrected chi connectivity index (χ3v) is 3.94. The summed E-state index contributed by atoms with van der Waals surface area (Å²) < 4.78 is 18.4. The molecule has 4 nitrogen and oxygen atoms in total. The van der Waals surface area contributed by atoms with Gasteiger partial charge in [0.1, 0.15) is 11.6 Å². The molecule has 0 aliphatic carbocycles. The van der Waals surface area contributed by atoms with E-state index in [2.05, 4.69) is 5.32 Å². The van der Waals surface area contributed by atoms with E-state index in [4.69, 9.17) is 16.3 Å². The maximum atomic E-state index is 12.9. The van der Waals surface area contributed by atoms with Crippen LogP contribution in [0.15, 0.2) is 72.8 Å². The molecule has 0 aliphatic rings. The summed E-state index contributed by atoms with van der Waals surface area (Å²) in [5.41, 5.74) is 1.42. The van der Waals surface area contributed by atoms with Crippen LogP contribution in [0.3, 0.4) is 0 Å². The molecule has 3 rings (SSSR count). The van der Waals surface area contributed by atoms with E-state index in [-0.39, 0.29) is 18.3 Å². The topological polar surface area (TPSA) is 55.4 Å². The number of ether oxygens (including phenoxy) is 1. The maximum absolute atomic E-state index is 12.9. The van der Waals surface area contributed by atoms with Crippen molar-refractivity contribution < 1.29 is 18.7 Å². The normalized spacial score (nSPS) is 10.3. The lowest BCUT2D eigenvalue weighted by molar-refractivity contribution is -0.118. The number of ketones is 1. The maximum Gasteiger partial charge on any atom is 0.262 e. The lowest BCUT2D eigenvalue weighted by atomic mass is 10.0. The molecule has 3 aromatic rings. The number of rotatable bonds is 6. The Kier molecular flexibility index (Phi) is 5.84.